The number of nitrogens with zero attached hydrogens (tertiary/aromatic N) is 2. The molecule has 194 valence electrons. The number of aromatic nitrogens is 3. The van der Waals surface area contributed by atoms with Gasteiger partial charge in [-0.2, -0.15) is 0 Å². The number of rotatable bonds is 5. The maximum absolute atomic E-state index is 5.09. The molecule has 0 bridgehead atoms. The molecule has 0 unspecified atom stereocenters. The molecule has 0 fully saturated rings. The van der Waals surface area contributed by atoms with E-state index in [1.807, 2.05) is 61.5 Å². The molecule has 0 amide bonds. The zero-order valence-electron chi connectivity index (χ0n) is 22.4. The Kier molecular flexibility index (Phi) is 6.97. The largest absolute Gasteiger partial charge is 0.356 e. The number of benzene rings is 4. The van der Waals surface area contributed by atoms with Crippen molar-refractivity contribution >= 4 is 49.6 Å². The summed E-state index contributed by atoms with van der Waals surface area (Å²) < 4.78 is 2.29. The number of fused-ring (bicyclic) bond motifs is 6. The second-order valence-electron chi connectivity index (χ2n) is 9.46. The number of H-pyrrole nitrogens is 1. The van der Waals surface area contributed by atoms with E-state index in [0.717, 1.165) is 44.7 Å². The Hall–Kier alpha value is -5.35. The van der Waals surface area contributed by atoms with E-state index in [2.05, 4.69) is 100 Å². The lowest BCUT2D eigenvalue weighted by Gasteiger charge is -2.07. The molecule has 7 rings (SSSR count). The predicted octanol–water partition coefficient (Wildman–Crippen LogP) is 9.56. The predicted molar refractivity (Wildman–Crippen MR) is 171 cm³/mol. The van der Waals surface area contributed by atoms with E-state index in [4.69, 9.17) is 4.98 Å². The quantitative estimate of drug-likeness (QED) is 0.223. The third-order valence-corrected chi connectivity index (χ3v) is 6.82. The van der Waals surface area contributed by atoms with E-state index in [-0.39, 0.29) is 0 Å². The fraction of sp³-hybridized carbons (Fsp3) is 0.0278. The van der Waals surface area contributed by atoms with E-state index in [0.29, 0.717) is 0 Å². The first-order valence-corrected chi connectivity index (χ1v) is 13.4. The number of hydrogen-bond donors (Lipinski definition) is 2. The van der Waals surface area contributed by atoms with Gasteiger partial charge >= 0.3 is 0 Å². The molecule has 0 atom stereocenters. The molecule has 4 nitrogen and oxygen atoms in total. The van der Waals surface area contributed by atoms with Gasteiger partial charge in [0.25, 0.3) is 0 Å². The summed E-state index contributed by atoms with van der Waals surface area (Å²) in [6.45, 7) is 5.66. The summed E-state index contributed by atoms with van der Waals surface area (Å²) in [5.74, 6) is 0. The maximum Gasteiger partial charge on any atom is 0.0972 e. The van der Waals surface area contributed by atoms with Crippen LogP contribution >= 0.6 is 0 Å². The van der Waals surface area contributed by atoms with Gasteiger partial charge < -0.3 is 14.9 Å². The van der Waals surface area contributed by atoms with Crippen LogP contribution in [0.4, 0.5) is 5.69 Å². The van der Waals surface area contributed by atoms with Gasteiger partial charge in [-0.25, -0.2) is 4.98 Å². The maximum atomic E-state index is 5.09. The van der Waals surface area contributed by atoms with Gasteiger partial charge in [0.1, 0.15) is 0 Å². The molecule has 0 saturated carbocycles. The summed E-state index contributed by atoms with van der Waals surface area (Å²) >= 11 is 0. The van der Waals surface area contributed by atoms with E-state index in [9.17, 15) is 0 Å². The average molecular weight is 519 g/mol. The van der Waals surface area contributed by atoms with Gasteiger partial charge in [0.05, 0.1) is 27.6 Å². The van der Waals surface area contributed by atoms with E-state index in [1.54, 1.807) is 6.08 Å². The lowest BCUT2D eigenvalue weighted by molar-refractivity contribution is 1.18. The lowest BCUT2D eigenvalue weighted by Crippen LogP contribution is -1.95. The smallest absolute Gasteiger partial charge is 0.0972 e. The zero-order chi connectivity index (χ0) is 27.3. The van der Waals surface area contributed by atoms with Crippen LogP contribution in [0.3, 0.4) is 0 Å². The van der Waals surface area contributed by atoms with E-state index < -0.39 is 0 Å². The molecule has 0 saturated heterocycles. The summed E-state index contributed by atoms with van der Waals surface area (Å²) in [7, 11) is 0. The van der Waals surface area contributed by atoms with Gasteiger partial charge in [-0.1, -0.05) is 91.5 Å². The van der Waals surface area contributed by atoms with Crippen molar-refractivity contribution in [3.8, 4) is 5.69 Å². The Labute approximate surface area is 233 Å². The highest BCUT2D eigenvalue weighted by atomic mass is 15.0. The molecule has 0 aliphatic carbocycles. The van der Waals surface area contributed by atoms with Crippen LogP contribution in [0.15, 0.2) is 152 Å². The van der Waals surface area contributed by atoms with Gasteiger partial charge in [0.2, 0.25) is 0 Å². The van der Waals surface area contributed by atoms with Crippen molar-refractivity contribution in [1.29, 1.82) is 0 Å². The Morgan fingerprint density at radius 1 is 0.750 bits per heavy atom. The topological polar surface area (TPSA) is 45.6 Å². The minimum absolute atomic E-state index is 1.03. The first kappa shape index (κ1) is 25.0. The monoisotopic (exact) mass is 518 g/mol. The van der Waals surface area contributed by atoms with Crippen LogP contribution in [0, 0.1) is 0 Å². The van der Waals surface area contributed by atoms with Gasteiger partial charge in [0, 0.05) is 33.4 Å². The number of anilines is 1. The molecule has 4 heteroatoms. The van der Waals surface area contributed by atoms with Crippen LogP contribution in [0.5, 0.6) is 0 Å². The van der Waals surface area contributed by atoms with Gasteiger partial charge in [-0.05, 0) is 61.5 Å². The van der Waals surface area contributed by atoms with Crippen LogP contribution in [-0.2, 0) is 0 Å². The lowest BCUT2D eigenvalue weighted by atomic mass is 10.2. The summed E-state index contributed by atoms with van der Waals surface area (Å²) in [5, 5.41) is 5.63. The van der Waals surface area contributed by atoms with Crippen LogP contribution in [0.25, 0.3) is 49.6 Å². The van der Waals surface area contributed by atoms with Crippen LogP contribution < -0.4 is 5.32 Å². The first-order chi connectivity index (χ1) is 19.8. The normalized spacial score (nSPS) is 11.8. The molecule has 0 spiro atoms. The van der Waals surface area contributed by atoms with Crippen molar-refractivity contribution in [3.05, 3.63) is 152 Å². The van der Waals surface area contributed by atoms with Crippen LogP contribution in [0.2, 0.25) is 0 Å². The number of para-hydroxylation sites is 4. The molecule has 3 aromatic heterocycles. The number of aromatic amines is 1. The number of nitrogens with one attached hydrogen (secondary N) is 2. The van der Waals surface area contributed by atoms with Crippen molar-refractivity contribution in [2.45, 2.75) is 6.92 Å². The molecule has 2 N–H and O–H groups in total. The molecule has 0 aliphatic heterocycles. The Morgan fingerprint density at radius 2 is 1.43 bits per heavy atom. The standard InChI is InChI=1S/C23H15N3.C13H15N/c1-2-8-15(9-3-1)26-20-13-7-5-11-17(20)23-21(26)14-19-22(25-23)16-10-4-6-12-18(16)24-19;1-3-8-12(9-4-2)14-13-10-6-5-7-11-13/h1-14,24H;3-11,14H,1H2,2H3/b;9-4-,12-8+. The fourth-order valence-electron chi connectivity index (χ4n) is 5.10. The highest BCUT2D eigenvalue weighted by Gasteiger charge is 2.15. The molecule has 3 heterocycles. The molecule has 4 aromatic carbocycles. The zero-order valence-corrected chi connectivity index (χ0v) is 22.4. The SMILES string of the molecule is C=C/C=C(\C=C/C)Nc1ccccc1.c1ccc(-n2c3ccccc3c3nc4c(cc32)[nH]c2ccccc24)cc1. The molecule has 0 aliphatic rings. The number of allylic oxidation sites excluding steroid dienone is 4. The Balaban J connectivity index is 0.000000177. The van der Waals surface area contributed by atoms with Gasteiger partial charge in [-0.3, -0.25) is 0 Å². The summed E-state index contributed by atoms with van der Waals surface area (Å²) in [5.41, 5.74) is 9.83. The molecule has 0 radical (unpaired) electrons. The number of hydrogen-bond acceptors (Lipinski definition) is 2. The first-order valence-electron chi connectivity index (χ1n) is 13.4. The van der Waals surface area contributed by atoms with Crippen molar-refractivity contribution in [3.63, 3.8) is 0 Å². The molecular weight excluding hydrogens is 488 g/mol. The summed E-state index contributed by atoms with van der Waals surface area (Å²) in [6.07, 6.45) is 7.71. The van der Waals surface area contributed by atoms with Crippen LogP contribution in [0.1, 0.15) is 6.92 Å². The van der Waals surface area contributed by atoms with Gasteiger partial charge in [-0.15, -0.1) is 0 Å². The summed E-state index contributed by atoms with van der Waals surface area (Å²) in [4.78, 5) is 8.61. The molecule has 40 heavy (non-hydrogen) atoms. The van der Waals surface area contributed by atoms with Crippen molar-refractivity contribution in [2.24, 2.45) is 0 Å². The van der Waals surface area contributed by atoms with Crippen molar-refractivity contribution in [2.75, 3.05) is 5.32 Å². The Bertz CT molecular complexity index is 1990. The van der Waals surface area contributed by atoms with Crippen LogP contribution in [-0.4, -0.2) is 14.5 Å². The van der Waals surface area contributed by atoms with E-state index in [1.165, 1.54) is 16.3 Å². The minimum atomic E-state index is 1.03. The second-order valence-corrected chi connectivity index (χ2v) is 9.46. The third-order valence-electron chi connectivity index (χ3n) is 6.82. The van der Waals surface area contributed by atoms with Crippen molar-refractivity contribution in [1.82, 2.24) is 14.5 Å². The average Bonchev–Trinajstić information content (AvgIpc) is 3.52. The molecular formula is C36H30N4. The van der Waals surface area contributed by atoms with E-state index >= 15 is 0 Å². The van der Waals surface area contributed by atoms with Crippen molar-refractivity contribution < 1.29 is 0 Å². The third kappa shape index (κ3) is 4.79. The number of pyridine rings is 1. The highest BCUT2D eigenvalue weighted by Crippen LogP contribution is 2.34. The second kappa shape index (κ2) is 11.2. The fourth-order valence-corrected chi connectivity index (χ4v) is 5.10. The molecule has 7 aromatic rings. The summed E-state index contributed by atoms with van der Waals surface area (Å²) in [6, 6.07) is 39.6. The highest BCUT2D eigenvalue weighted by molar-refractivity contribution is 6.14. The van der Waals surface area contributed by atoms with Gasteiger partial charge in [0.15, 0.2) is 0 Å². The minimum Gasteiger partial charge on any atom is -0.356 e. The Morgan fingerprint density at radius 3 is 2.17 bits per heavy atom.